The molecule has 1 unspecified atom stereocenters. The van der Waals surface area contributed by atoms with Crippen LogP contribution in [0.15, 0.2) is 41.7 Å². The third-order valence-corrected chi connectivity index (χ3v) is 11.0. The van der Waals surface area contributed by atoms with Crippen LogP contribution in [0.3, 0.4) is 0 Å². The van der Waals surface area contributed by atoms with Crippen molar-refractivity contribution in [2.45, 2.75) is 115 Å². The molecule has 270 valence electrons. The average molecular weight is 728 g/mol. The molecule has 1 amide bonds. The molecule has 1 atom stereocenters. The molecule has 3 aromatic rings. The lowest BCUT2D eigenvalue weighted by Gasteiger charge is -2.42. The minimum Gasteiger partial charge on any atom is -0.477 e. The van der Waals surface area contributed by atoms with Gasteiger partial charge in [0.05, 0.1) is 17.6 Å². The van der Waals surface area contributed by atoms with Crippen LogP contribution in [0.25, 0.3) is 5.82 Å². The Hall–Kier alpha value is -3.17. The molecule has 0 spiro atoms. The number of carbonyl (C=O) groups is 1. The molecular weight excluding hydrogens is 683 g/mol. The quantitative estimate of drug-likeness (QED) is 0.142. The highest BCUT2D eigenvalue weighted by Gasteiger charge is 2.62. The Labute approximate surface area is 290 Å². The van der Waals surface area contributed by atoms with Crippen molar-refractivity contribution in [1.29, 1.82) is 0 Å². The van der Waals surface area contributed by atoms with Crippen LogP contribution >= 0.6 is 11.6 Å². The lowest BCUT2D eigenvalue weighted by Crippen LogP contribution is -2.50. The lowest BCUT2D eigenvalue weighted by atomic mass is 9.92. The number of unbranched alkanes of at least 4 members (excludes halogenated alkanes) is 1. The number of rotatable bonds is 14. The summed E-state index contributed by atoms with van der Waals surface area (Å²) in [7, 11) is -4.28. The number of carbonyl (C=O) groups excluding carboxylic acids is 1. The molecule has 1 saturated heterocycles. The smallest absolute Gasteiger partial charge is 0.394 e. The summed E-state index contributed by atoms with van der Waals surface area (Å²) in [5, 5.41) is 7.84. The summed E-state index contributed by atoms with van der Waals surface area (Å²) in [5.74, 6) is 0.0493. The Morgan fingerprint density at radius 3 is 2.43 bits per heavy atom. The van der Waals surface area contributed by atoms with Crippen molar-refractivity contribution in [3.8, 4) is 11.7 Å². The van der Waals surface area contributed by atoms with Crippen molar-refractivity contribution in [3.63, 3.8) is 0 Å². The maximum absolute atomic E-state index is 13.1. The summed E-state index contributed by atoms with van der Waals surface area (Å²) in [6.07, 6.45) is 3.53. The van der Waals surface area contributed by atoms with E-state index in [4.69, 9.17) is 16.3 Å². The molecule has 0 aromatic carbocycles. The van der Waals surface area contributed by atoms with Gasteiger partial charge < -0.3 is 4.74 Å². The van der Waals surface area contributed by atoms with Crippen LogP contribution in [0.2, 0.25) is 5.15 Å². The SMILES string of the molecule is CC(C)(C)N1CC(CCCCn2ccc(S(=O)(=O)NC(=O)c3ccc(-n4ccc(OCCCC5(C(F)(F)F)CC5)n4)nc3Cl)n2)CC1(C)C. The second kappa shape index (κ2) is 13.9. The third-order valence-electron chi connectivity index (χ3n) is 9.52. The van der Waals surface area contributed by atoms with E-state index in [9.17, 15) is 26.4 Å². The lowest BCUT2D eigenvalue weighted by molar-refractivity contribution is -0.189. The number of aromatic nitrogens is 5. The highest BCUT2D eigenvalue weighted by atomic mass is 35.5. The van der Waals surface area contributed by atoms with Crippen molar-refractivity contribution in [2.75, 3.05) is 13.2 Å². The van der Waals surface area contributed by atoms with Crippen molar-refractivity contribution in [3.05, 3.63) is 47.4 Å². The van der Waals surface area contributed by atoms with E-state index in [1.165, 1.54) is 35.1 Å². The van der Waals surface area contributed by atoms with Crippen molar-refractivity contribution in [1.82, 2.24) is 34.2 Å². The van der Waals surface area contributed by atoms with Gasteiger partial charge in [0.1, 0.15) is 5.15 Å². The summed E-state index contributed by atoms with van der Waals surface area (Å²) in [4.78, 5) is 19.6. The fourth-order valence-corrected chi connectivity index (χ4v) is 8.10. The number of nitrogens with zero attached hydrogens (tertiary/aromatic N) is 6. The topological polar surface area (TPSA) is 124 Å². The molecule has 2 fully saturated rings. The van der Waals surface area contributed by atoms with E-state index < -0.39 is 27.5 Å². The van der Waals surface area contributed by atoms with Gasteiger partial charge in [-0.2, -0.15) is 26.7 Å². The van der Waals surface area contributed by atoms with Crippen LogP contribution in [0.4, 0.5) is 13.2 Å². The Morgan fingerprint density at radius 2 is 1.80 bits per heavy atom. The molecule has 1 N–H and O–H groups in total. The fraction of sp³-hybridized carbons (Fsp3) is 0.636. The van der Waals surface area contributed by atoms with Gasteiger partial charge >= 0.3 is 6.18 Å². The molecule has 0 bridgehead atoms. The Balaban J connectivity index is 1.09. The zero-order valence-electron chi connectivity index (χ0n) is 28.6. The molecule has 3 aromatic heterocycles. The fourth-order valence-electron chi connectivity index (χ4n) is 6.96. The summed E-state index contributed by atoms with van der Waals surface area (Å²) < 4.78 is 75.6. The number of amides is 1. The number of nitrogens with one attached hydrogen (secondary N) is 1. The van der Waals surface area contributed by atoms with E-state index in [0.717, 1.165) is 32.2 Å². The third kappa shape index (κ3) is 8.77. The number of aryl methyl sites for hydroxylation is 1. The van der Waals surface area contributed by atoms with Gasteiger partial charge in [0.2, 0.25) is 5.88 Å². The number of halogens is 4. The monoisotopic (exact) mass is 727 g/mol. The number of alkyl halides is 3. The minimum atomic E-state index is -4.28. The summed E-state index contributed by atoms with van der Waals surface area (Å²) in [6, 6.07) is 5.60. The van der Waals surface area contributed by atoms with Crippen LogP contribution in [-0.4, -0.2) is 74.2 Å². The first-order valence-corrected chi connectivity index (χ1v) is 18.5. The highest BCUT2D eigenvalue weighted by molar-refractivity contribution is 7.90. The van der Waals surface area contributed by atoms with Crippen LogP contribution in [-0.2, 0) is 16.6 Å². The van der Waals surface area contributed by atoms with Gasteiger partial charge in [-0.1, -0.05) is 18.0 Å². The van der Waals surface area contributed by atoms with Crippen molar-refractivity contribution < 1.29 is 31.1 Å². The first-order chi connectivity index (χ1) is 22.8. The molecule has 16 heteroatoms. The molecule has 5 rings (SSSR count). The molecule has 1 saturated carbocycles. The molecule has 11 nitrogen and oxygen atoms in total. The normalized spacial score (nSPS) is 19.2. The second-order valence-electron chi connectivity index (χ2n) is 14.8. The zero-order valence-corrected chi connectivity index (χ0v) is 30.1. The predicted octanol–water partition coefficient (Wildman–Crippen LogP) is 6.81. The molecule has 4 heterocycles. The molecule has 0 radical (unpaired) electrons. The van der Waals surface area contributed by atoms with Gasteiger partial charge in [-0.05, 0) is 104 Å². The minimum absolute atomic E-state index is 0.00592. The van der Waals surface area contributed by atoms with Crippen molar-refractivity contribution in [2.24, 2.45) is 11.3 Å². The van der Waals surface area contributed by atoms with Gasteiger partial charge in [0.25, 0.3) is 15.9 Å². The molecule has 49 heavy (non-hydrogen) atoms. The van der Waals surface area contributed by atoms with Crippen LogP contribution in [0.5, 0.6) is 5.88 Å². The van der Waals surface area contributed by atoms with Crippen molar-refractivity contribution >= 4 is 27.5 Å². The molecule has 1 aliphatic carbocycles. The van der Waals surface area contributed by atoms with E-state index in [2.05, 4.69) is 54.7 Å². The van der Waals surface area contributed by atoms with Gasteiger partial charge in [-0.15, -0.1) is 5.10 Å². The summed E-state index contributed by atoms with van der Waals surface area (Å²) >= 11 is 6.26. The first-order valence-electron chi connectivity index (χ1n) is 16.6. The van der Waals surface area contributed by atoms with Gasteiger partial charge in [0.15, 0.2) is 10.8 Å². The van der Waals surface area contributed by atoms with Gasteiger partial charge in [-0.25, -0.2) is 14.4 Å². The Bertz CT molecular complexity index is 1750. The van der Waals surface area contributed by atoms with Gasteiger partial charge in [-0.3, -0.25) is 14.4 Å². The molecule has 2 aliphatic rings. The number of ether oxygens (including phenoxy) is 1. The summed E-state index contributed by atoms with van der Waals surface area (Å²) in [6.45, 7) is 13.1. The maximum atomic E-state index is 13.1. The van der Waals surface area contributed by atoms with E-state index >= 15 is 0 Å². The van der Waals surface area contributed by atoms with E-state index in [0.29, 0.717) is 12.5 Å². The predicted molar refractivity (Wildman–Crippen MR) is 178 cm³/mol. The summed E-state index contributed by atoms with van der Waals surface area (Å²) in [5.41, 5.74) is -1.47. The second-order valence-corrected chi connectivity index (χ2v) is 16.8. The van der Waals surface area contributed by atoms with Crippen LogP contribution in [0.1, 0.15) is 96.3 Å². The van der Waals surface area contributed by atoms with E-state index in [-0.39, 0.29) is 70.8 Å². The molecular formula is C33H45ClF3N7O4S. The Kier molecular flexibility index (Phi) is 10.5. The van der Waals surface area contributed by atoms with E-state index in [1.807, 2.05) is 4.72 Å². The number of sulfonamides is 1. The first kappa shape index (κ1) is 37.1. The number of pyridine rings is 1. The van der Waals surface area contributed by atoms with Crippen LogP contribution in [0, 0.1) is 11.3 Å². The number of hydrogen-bond acceptors (Lipinski definition) is 8. The number of hydrogen-bond donors (Lipinski definition) is 1. The maximum Gasteiger partial charge on any atom is 0.394 e. The number of likely N-dealkylation sites (tertiary alicyclic amines) is 1. The highest BCUT2D eigenvalue weighted by Crippen LogP contribution is 2.60. The van der Waals surface area contributed by atoms with E-state index in [1.54, 1.807) is 10.9 Å². The standard InChI is InChI=1S/C33H45ClF3N7O4S/c1-30(2,3)44-22-23(21-31(44,4)5)9-6-7-17-42-18-13-27(40-42)49(46,47)41-29(45)24-10-11-25(38-28(24)34)43-19-12-26(39-43)48-20-8-14-32(15-16-32)33(35,36)37/h10-13,18-19,23H,6-9,14-17,20-22H2,1-5H3,(H,41,45). The average Bonchev–Trinajstić information content (AvgIpc) is 3.29. The van der Waals surface area contributed by atoms with Crippen LogP contribution < -0.4 is 9.46 Å². The molecule has 1 aliphatic heterocycles. The van der Waals surface area contributed by atoms with Gasteiger partial charge in [0, 0.05) is 42.6 Å². The Morgan fingerprint density at radius 1 is 1.06 bits per heavy atom. The largest absolute Gasteiger partial charge is 0.477 e. The zero-order chi connectivity index (χ0) is 35.8.